The van der Waals surface area contributed by atoms with Crippen LogP contribution in [-0.2, 0) is 4.74 Å². The largest absolute Gasteiger partial charge is 0.516 e. The van der Waals surface area contributed by atoms with Crippen molar-refractivity contribution in [3.05, 3.63) is 47.7 Å². The maximum absolute atomic E-state index is 11.5. The molecule has 16 heavy (non-hydrogen) atoms. The van der Waals surface area contributed by atoms with Crippen molar-refractivity contribution in [3.63, 3.8) is 0 Å². The molecule has 86 valence electrons. The van der Waals surface area contributed by atoms with Gasteiger partial charge >= 0.3 is 5.97 Å². The fourth-order valence-electron chi connectivity index (χ4n) is 1.24. The number of aliphatic hydroxyl groups excluding tert-OH is 1. The molecule has 1 aromatic carbocycles. The Morgan fingerprint density at radius 1 is 1.38 bits per heavy atom. The van der Waals surface area contributed by atoms with Gasteiger partial charge in [0, 0.05) is 0 Å². The molecule has 0 heterocycles. The predicted molar refractivity (Wildman–Crippen MR) is 62.3 cm³/mol. The van der Waals surface area contributed by atoms with Crippen LogP contribution in [0.3, 0.4) is 0 Å². The molecule has 0 bridgehead atoms. The molecular weight excluding hydrogens is 204 g/mol. The summed E-state index contributed by atoms with van der Waals surface area (Å²) in [7, 11) is 0. The minimum Gasteiger partial charge on any atom is -0.516 e. The molecule has 0 unspecified atom stereocenters. The number of hydrogen-bond acceptors (Lipinski definition) is 3. The molecule has 0 spiro atoms. The Labute approximate surface area is 95.4 Å². The van der Waals surface area contributed by atoms with Crippen molar-refractivity contribution in [1.82, 2.24) is 0 Å². The van der Waals surface area contributed by atoms with Gasteiger partial charge in [-0.3, -0.25) is 0 Å². The average Bonchev–Trinajstić information content (AvgIpc) is 2.35. The molecule has 1 aromatic rings. The SMILES string of the molecule is CC(=CO)CCCOC(=O)c1ccccc1. The van der Waals surface area contributed by atoms with Crippen molar-refractivity contribution in [2.45, 2.75) is 19.8 Å². The van der Waals surface area contributed by atoms with Crippen LogP contribution in [0.2, 0.25) is 0 Å². The molecule has 0 aliphatic carbocycles. The maximum atomic E-state index is 11.5. The molecule has 0 saturated carbocycles. The standard InChI is InChI=1S/C13H16O3/c1-11(10-14)6-5-9-16-13(15)12-7-3-2-4-8-12/h2-4,7-8,10,14H,5-6,9H2,1H3. The zero-order valence-electron chi connectivity index (χ0n) is 9.35. The zero-order chi connectivity index (χ0) is 11.8. The number of rotatable bonds is 5. The summed E-state index contributed by atoms with van der Waals surface area (Å²) in [5, 5.41) is 8.65. The zero-order valence-corrected chi connectivity index (χ0v) is 9.35. The van der Waals surface area contributed by atoms with E-state index in [0.29, 0.717) is 12.2 Å². The number of allylic oxidation sites excluding steroid dienone is 1. The van der Waals surface area contributed by atoms with Crippen LogP contribution in [0, 0.1) is 0 Å². The van der Waals surface area contributed by atoms with E-state index in [9.17, 15) is 4.79 Å². The topological polar surface area (TPSA) is 46.5 Å². The molecule has 1 N–H and O–H groups in total. The van der Waals surface area contributed by atoms with Gasteiger partial charge in [0.15, 0.2) is 0 Å². The van der Waals surface area contributed by atoms with Crippen molar-refractivity contribution >= 4 is 5.97 Å². The fraction of sp³-hybridized carbons (Fsp3) is 0.308. The first-order valence-corrected chi connectivity index (χ1v) is 5.26. The summed E-state index contributed by atoms with van der Waals surface area (Å²) in [6.45, 7) is 2.21. The summed E-state index contributed by atoms with van der Waals surface area (Å²) in [6, 6.07) is 8.90. The van der Waals surface area contributed by atoms with Crippen molar-refractivity contribution < 1.29 is 14.6 Å². The normalized spacial score (nSPS) is 11.2. The molecule has 1 rings (SSSR count). The Hall–Kier alpha value is -1.77. The minimum atomic E-state index is -0.300. The molecule has 0 radical (unpaired) electrons. The number of carbonyl (C=O) groups is 1. The lowest BCUT2D eigenvalue weighted by Crippen LogP contribution is -2.06. The van der Waals surface area contributed by atoms with Gasteiger partial charge in [0.25, 0.3) is 0 Å². The molecule has 3 nitrogen and oxygen atoms in total. The van der Waals surface area contributed by atoms with E-state index in [1.165, 1.54) is 0 Å². The van der Waals surface area contributed by atoms with Crippen LogP contribution in [0.4, 0.5) is 0 Å². The van der Waals surface area contributed by atoms with Gasteiger partial charge in [0.05, 0.1) is 18.4 Å². The van der Waals surface area contributed by atoms with Crippen LogP contribution in [0.5, 0.6) is 0 Å². The first kappa shape index (κ1) is 12.3. The van der Waals surface area contributed by atoms with Crippen LogP contribution < -0.4 is 0 Å². The van der Waals surface area contributed by atoms with E-state index in [2.05, 4.69) is 0 Å². The van der Waals surface area contributed by atoms with Crippen LogP contribution in [0.1, 0.15) is 30.1 Å². The lowest BCUT2D eigenvalue weighted by Gasteiger charge is -2.04. The van der Waals surface area contributed by atoms with Crippen LogP contribution in [-0.4, -0.2) is 17.7 Å². The molecule has 3 heteroatoms. The van der Waals surface area contributed by atoms with Gasteiger partial charge in [-0.05, 0) is 37.5 Å². The minimum absolute atomic E-state index is 0.300. The first-order chi connectivity index (χ1) is 7.74. The second-order valence-electron chi connectivity index (χ2n) is 3.58. The van der Waals surface area contributed by atoms with Gasteiger partial charge in [-0.1, -0.05) is 18.2 Å². The number of benzene rings is 1. The smallest absolute Gasteiger partial charge is 0.338 e. The van der Waals surface area contributed by atoms with E-state index >= 15 is 0 Å². The Balaban J connectivity index is 2.26. The number of carbonyl (C=O) groups excluding carboxylic acids is 1. The van der Waals surface area contributed by atoms with Gasteiger partial charge in [-0.2, -0.15) is 0 Å². The Morgan fingerprint density at radius 3 is 2.69 bits per heavy atom. The van der Waals surface area contributed by atoms with Gasteiger partial charge in [-0.25, -0.2) is 4.79 Å². The molecule has 0 aliphatic heterocycles. The lowest BCUT2D eigenvalue weighted by molar-refractivity contribution is 0.0500. The fourth-order valence-corrected chi connectivity index (χ4v) is 1.24. The number of hydrogen-bond donors (Lipinski definition) is 1. The summed E-state index contributed by atoms with van der Waals surface area (Å²) in [6.07, 6.45) is 2.54. The lowest BCUT2D eigenvalue weighted by atomic mass is 10.2. The Bertz CT molecular complexity index is 355. The third-order valence-corrected chi connectivity index (χ3v) is 2.18. The first-order valence-electron chi connectivity index (χ1n) is 5.26. The van der Waals surface area contributed by atoms with Gasteiger partial charge < -0.3 is 9.84 Å². The molecule has 0 atom stereocenters. The molecule has 0 fully saturated rings. The van der Waals surface area contributed by atoms with Crippen LogP contribution in [0.15, 0.2) is 42.2 Å². The summed E-state index contributed by atoms with van der Waals surface area (Å²) in [5.74, 6) is -0.300. The number of ether oxygens (including phenoxy) is 1. The summed E-state index contributed by atoms with van der Waals surface area (Å²) in [4.78, 5) is 11.5. The van der Waals surface area contributed by atoms with E-state index in [0.717, 1.165) is 24.7 Å². The van der Waals surface area contributed by atoms with Gasteiger partial charge in [-0.15, -0.1) is 0 Å². The van der Waals surface area contributed by atoms with E-state index in [4.69, 9.17) is 9.84 Å². The van der Waals surface area contributed by atoms with Crippen molar-refractivity contribution in [3.8, 4) is 0 Å². The molecular formula is C13H16O3. The maximum Gasteiger partial charge on any atom is 0.338 e. The summed E-state index contributed by atoms with van der Waals surface area (Å²) < 4.78 is 5.08. The number of esters is 1. The molecule has 0 amide bonds. The third kappa shape index (κ3) is 4.17. The highest BCUT2D eigenvalue weighted by molar-refractivity contribution is 5.89. The quantitative estimate of drug-likeness (QED) is 0.471. The van der Waals surface area contributed by atoms with E-state index < -0.39 is 0 Å². The van der Waals surface area contributed by atoms with E-state index in [1.807, 2.05) is 13.0 Å². The highest BCUT2D eigenvalue weighted by Crippen LogP contribution is 2.05. The third-order valence-electron chi connectivity index (χ3n) is 2.18. The van der Waals surface area contributed by atoms with E-state index in [1.54, 1.807) is 24.3 Å². The Morgan fingerprint density at radius 2 is 2.06 bits per heavy atom. The molecule has 0 saturated heterocycles. The van der Waals surface area contributed by atoms with Crippen LogP contribution >= 0.6 is 0 Å². The summed E-state index contributed by atoms with van der Waals surface area (Å²) >= 11 is 0. The van der Waals surface area contributed by atoms with E-state index in [-0.39, 0.29) is 5.97 Å². The van der Waals surface area contributed by atoms with Crippen LogP contribution in [0.25, 0.3) is 0 Å². The Kier molecular flexibility index (Phi) is 5.12. The molecule has 0 aliphatic rings. The molecule has 0 aromatic heterocycles. The van der Waals surface area contributed by atoms with Crippen molar-refractivity contribution in [2.24, 2.45) is 0 Å². The number of aliphatic hydroxyl groups is 1. The second kappa shape index (κ2) is 6.67. The van der Waals surface area contributed by atoms with Crippen molar-refractivity contribution in [1.29, 1.82) is 0 Å². The van der Waals surface area contributed by atoms with Gasteiger partial charge in [0.2, 0.25) is 0 Å². The monoisotopic (exact) mass is 220 g/mol. The average molecular weight is 220 g/mol. The summed E-state index contributed by atoms with van der Waals surface area (Å²) in [5.41, 5.74) is 1.45. The highest BCUT2D eigenvalue weighted by atomic mass is 16.5. The van der Waals surface area contributed by atoms with Crippen molar-refractivity contribution in [2.75, 3.05) is 6.61 Å². The highest BCUT2D eigenvalue weighted by Gasteiger charge is 2.04. The van der Waals surface area contributed by atoms with Gasteiger partial charge in [0.1, 0.15) is 0 Å². The second-order valence-corrected chi connectivity index (χ2v) is 3.58. The predicted octanol–water partition coefficient (Wildman–Crippen LogP) is 3.09.